The fourth-order valence-electron chi connectivity index (χ4n) is 2.38. The minimum Gasteiger partial charge on any atom is -0.325 e. The Hall–Kier alpha value is -2.97. The van der Waals surface area contributed by atoms with Crippen LogP contribution in [0.4, 0.5) is 10.5 Å². The Morgan fingerprint density at radius 3 is 2.91 bits per heavy atom. The van der Waals surface area contributed by atoms with Gasteiger partial charge in [-0.1, -0.05) is 0 Å². The van der Waals surface area contributed by atoms with Crippen LogP contribution in [0.5, 0.6) is 0 Å². The summed E-state index contributed by atoms with van der Waals surface area (Å²) < 4.78 is 1.66. The molecule has 0 aromatic carbocycles. The van der Waals surface area contributed by atoms with Gasteiger partial charge in [0.25, 0.3) is 5.91 Å². The summed E-state index contributed by atoms with van der Waals surface area (Å²) in [6.07, 6.45) is 1.39. The highest BCUT2D eigenvalue weighted by molar-refractivity contribution is 6.07. The minimum atomic E-state index is -0.843. The lowest BCUT2D eigenvalue weighted by molar-refractivity contribution is -0.124. The van der Waals surface area contributed by atoms with Crippen molar-refractivity contribution in [1.82, 2.24) is 25.4 Å². The minimum absolute atomic E-state index is 0.137. The highest BCUT2D eigenvalue weighted by Gasteiger charge is 2.31. The van der Waals surface area contributed by atoms with Crippen molar-refractivity contribution in [2.24, 2.45) is 7.05 Å². The molecule has 114 valence electrons. The van der Waals surface area contributed by atoms with E-state index in [2.05, 4.69) is 26.0 Å². The molecule has 2 aromatic heterocycles. The number of amides is 4. The van der Waals surface area contributed by atoms with Gasteiger partial charge in [-0.3, -0.25) is 19.6 Å². The fraction of sp³-hybridized carbons (Fsp3) is 0.308. The van der Waals surface area contributed by atoms with Gasteiger partial charge >= 0.3 is 6.03 Å². The van der Waals surface area contributed by atoms with Crippen molar-refractivity contribution in [3.05, 3.63) is 18.0 Å². The summed E-state index contributed by atoms with van der Waals surface area (Å²) in [5.74, 6) is -0.887. The van der Waals surface area contributed by atoms with Crippen LogP contribution in [0, 0.1) is 6.92 Å². The number of hydrogen-bond acceptors (Lipinski definition) is 5. The smallest absolute Gasteiger partial charge is 0.322 e. The van der Waals surface area contributed by atoms with E-state index < -0.39 is 18.0 Å². The van der Waals surface area contributed by atoms with Gasteiger partial charge in [-0.15, -0.1) is 0 Å². The Balaban J connectivity index is 1.73. The zero-order valence-electron chi connectivity index (χ0n) is 12.0. The molecule has 1 saturated heterocycles. The molecule has 1 aliphatic rings. The molecule has 9 heteroatoms. The number of anilines is 1. The summed E-state index contributed by atoms with van der Waals surface area (Å²) in [4.78, 5) is 38.6. The van der Waals surface area contributed by atoms with Gasteiger partial charge in [0.1, 0.15) is 6.04 Å². The average Bonchev–Trinajstić information content (AvgIpc) is 2.90. The normalized spacial score (nSPS) is 17.5. The molecule has 4 amide bonds. The van der Waals surface area contributed by atoms with Gasteiger partial charge in [0.15, 0.2) is 5.65 Å². The van der Waals surface area contributed by atoms with E-state index in [4.69, 9.17) is 0 Å². The maximum Gasteiger partial charge on any atom is 0.322 e. The van der Waals surface area contributed by atoms with Crippen LogP contribution in [0.15, 0.2) is 12.3 Å². The first-order valence-electron chi connectivity index (χ1n) is 6.64. The summed E-state index contributed by atoms with van der Waals surface area (Å²) in [7, 11) is 1.79. The number of pyridine rings is 1. The van der Waals surface area contributed by atoms with E-state index >= 15 is 0 Å². The van der Waals surface area contributed by atoms with E-state index in [0.717, 1.165) is 16.7 Å². The van der Waals surface area contributed by atoms with E-state index in [-0.39, 0.29) is 12.3 Å². The van der Waals surface area contributed by atoms with Crippen molar-refractivity contribution in [3.8, 4) is 0 Å². The molecule has 9 nitrogen and oxygen atoms in total. The molecule has 0 spiro atoms. The second kappa shape index (κ2) is 5.10. The van der Waals surface area contributed by atoms with Crippen LogP contribution in [0.1, 0.15) is 12.1 Å². The number of aryl methyl sites for hydroxylation is 2. The van der Waals surface area contributed by atoms with Crippen LogP contribution < -0.4 is 16.0 Å². The van der Waals surface area contributed by atoms with Gasteiger partial charge in [0.2, 0.25) is 5.91 Å². The standard InChI is InChI=1S/C13H14N6O3/c1-6-8-3-7(5-14-11(8)19(2)18-6)15-10(20)4-9-12(21)17-13(22)16-9/h3,5,9H,4H2,1-2H3,(H,15,20)(H2,16,17,21,22)/t9-/m0/s1. The first-order chi connectivity index (χ1) is 10.4. The number of nitrogens with zero attached hydrogens (tertiary/aromatic N) is 3. The van der Waals surface area contributed by atoms with Crippen LogP contribution in [0.2, 0.25) is 0 Å². The van der Waals surface area contributed by atoms with Gasteiger partial charge < -0.3 is 10.6 Å². The summed E-state index contributed by atoms with van der Waals surface area (Å²) in [6.45, 7) is 1.86. The van der Waals surface area contributed by atoms with Gasteiger partial charge in [-0.05, 0) is 13.0 Å². The van der Waals surface area contributed by atoms with Crippen molar-refractivity contribution in [2.45, 2.75) is 19.4 Å². The molecule has 0 bridgehead atoms. The van der Waals surface area contributed by atoms with E-state index in [1.165, 1.54) is 6.20 Å². The lowest BCUT2D eigenvalue weighted by Gasteiger charge is -2.08. The maximum absolute atomic E-state index is 12.0. The first-order valence-corrected chi connectivity index (χ1v) is 6.64. The third-order valence-corrected chi connectivity index (χ3v) is 3.39. The van der Waals surface area contributed by atoms with Crippen LogP contribution in [-0.2, 0) is 16.6 Å². The quantitative estimate of drug-likeness (QED) is 0.679. The predicted octanol–water partition coefficient (Wildman–Crippen LogP) is -0.187. The van der Waals surface area contributed by atoms with E-state index in [9.17, 15) is 14.4 Å². The highest BCUT2D eigenvalue weighted by atomic mass is 16.2. The molecule has 22 heavy (non-hydrogen) atoms. The number of rotatable bonds is 3. The number of nitrogens with one attached hydrogen (secondary N) is 3. The number of hydrogen-bond donors (Lipinski definition) is 3. The zero-order chi connectivity index (χ0) is 15.9. The number of aromatic nitrogens is 3. The Bertz CT molecular complexity index is 796. The zero-order valence-corrected chi connectivity index (χ0v) is 12.0. The number of carbonyl (C=O) groups is 3. The fourth-order valence-corrected chi connectivity index (χ4v) is 2.38. The Morgan fingerprint density at radius 1 is 1.45 bits per heavy atom. The average molecular weight is 302 g/mol. The van der Waals surface area contributed by atoms with Crippen molar-refractivity contribution in [2.75, 3.05) is 5.32 Å². The van der Waals surface area contributed by atoms with Crippen molar-refractivity contribution < 1.29 is 14.4 Å². The number of carbonyl (C=O) groups excluding carboxylic acids is 3. The Morgan fingerprint density at radius 2 is 2.23 bits per heavy atom. The first kappa shape index (κ1) is 14.0. The summed E-state index contributed by atoms with van der Waals surface area (Å²) in [5.41, 5.74) is 2.04. The molecule has 3 heterocycles. The molecule has 1 fully saturated rings. The van der Waals surface area contributed by atoms with E-state index in [1.54, 1.807) is 17.8 Å². The maximum atomic E-state index is 12.0. The molecule has 2 aromatic rings. The van der Waals surface area contributed by atoms with Crippen LogP contribution in [0.3, 0.4) is 0 Å². The third-order valence-electron chi connectivity index (χ3n) is 3.39. The largest absolute Gasteiger partial charge is 0.325 e. The van der Waals surface area contributed by atoms with Crippen LogP contribution in [-0.4, -0.2) is 38.7 Å². The molecule has 3 rings (SSSR count). The highest BCUT2D eigenvalue weighted by Crippen LogP contribution is 2.19. The number of fused-ring (bicyclic) bond motifs is 1. The second-order valence-corrected chi connectivity index (χ2v) is 5.07. The van der Waals surface area contributed by atoms with E-state index in [0.29, 0.717) is 5.69 Å². The molecular formula is C13H14N6O3. The summed E-state index contributed by atoms with van der Waals surface area (Å²) >= 11 is 0. The lowest BCUT2D eigenvalue weighted by atomic mass is 10.2. The van der Waals surface area contributed by atoms with Crippen molar-refractivity contribution in [1.29, 1.82) is 0 Å². The second-order valence-electron chi connectivity index (χ2n) is 5.07. The van der Waals surface area contributed by atoms with Crippen molar-refractivity contribution in [3.63, 3.8) is 0 Å². The van der Waals surface area contributed by atoms with Gasteiger partial charge in [0.05, 0.1) is 24.0 Å². The molecule has 1 aliphatic heterocycles. The molecule has 0 aliphatic carbocycles. The number of imide groups is 1. The van der Waals surface area contributed by atoms with Gasteiger partial charge in [-0.2, -0.15) is 5.10 Å². The Labute approximate surface area is 125 Å². The molecule has 3 N–H and O–H groups in total. The molecule has 0 radical (unpaired) electrons. The third kappa shape index (κ3) is 2.48. The van der Waals surface area contributed by atoms with Crippen LogP contribution in [0.25, 0.3) is 11.0 Å². The topological polar surface area (TPSA) is 118 Å². The van der Waals surface area contributed by atoms with E-state index in [1.807, 2.05) is 6.92 Å². The molecular weight excluding hydrogens is 288 g/mol. The monoisotopic (exact) mass is 302 g/mol. The molecule has 0 saturated carbocycles. The van der Waals surface area contributed by atoms with Gasteiger partial charge in [-0.25, -0.2) is 9.78 Å². The molecule has 1 atom stereocenters. The Kier molecular flexibility index (Phi) is 3.24. The number of urea groups is 1. The lowest BCUT2D eigenvalue weighted by Crippen LogP contribution is -2.33. The van der Waals surface area contributed by atoms with Gasteiger partial charge in [0, 0.05) is 12.4 Å². The van der Waals surface area contributed by atoms with Crippen LogP contribution >= 0.6 is 0 Å². The SMILES string of the molecule is Cc1nn(C)c2ncc(NC(=O)C[C@@H]3NC(=O)NC3=O)cc12. The molecule has 0 unspecified atom stereocenters. The summed E-state index contributed by atoms with van der Waals surface area (Å²) in [5, 5.41) is 12.2. The predicted molar refractivity (Wildman–Crippen MR) is 77.0 cm³/mol. The van der Waals surface area contributed by atoms with Crippen molar-refractivity contribution >= 4 is 34.6 Å². The summed E-state index contributed by atoms with van der Waals surface area (Å²) in [6, 6.07) is 0.344.